The molecule has 4 rings (SSSR count). The van der Waals surface area contributed by atoms with E-state index >= 15 is 0 Å². The molecular weight excluding hydrogens is 296 g/mol. The van der Waals surface area contributed by atoms with Crippen LogP contribution in [-0.4, -0.2) is 59.3 Å². The summed E-state index contributed by atoms with van der Waals surface area (Å²) in [5, 5.41) is 10.4. The number of nitrogens with zero attached hydrogens (tertiary/aromatic N) is 4. The molecule has 1 fully saturated rings. The quantitative estimate of drug-likeness (QED) is 0.932. The summed E-state index contributed by atoms with van der Waals surface area (Å²) in [7, 11) is 0. The van der Waals surface area contributed by atoms with E-state index in [0.29, 0.717) is 0 Å². The molecule has 2 aromatic heterocycles. The second-order valence-corrected chi connectivity index (χ2v) is 7.27. The Kier molecular flexibility index (Phi) is 3.76. The van der Waals surface area contributed by atoms with Crippen LogP contribution in [0.25, 0.3) is 10.2 Å². The lowest BCUT2D eigenvalue weighted by atomic mass is 10.1. The first-order chi connectivity index (χ1) is 10.8. The molecule has 6 heteroatoms. The highest BCUT2D eigenvalue weighted by Gasteiger charge is 2.26. The highest BCUT2D eigenvalue weighted by atomic mass is 32.1. The molecule has 118 valence electrons. The van der Waals surface area contributed by atoms with Gasteiger partial charge in [0, 0.05) is 37.6 Å². The van der Waals surface area contributed by atoms with E-state index in [-0.39, 0.29) is 6.61 Å². The van der Waals surface area contributed by atoms with E-state index in [9.17, 15) is 0 Å². The van der Waals surface area contributed by atoms with Gasteiger partial charge in [0.05, 0.1) is 12.0 Å². The first kappa shape index (κ1) is 14.4. The van der Waals surface area contributed by atoms with Gasteiger partial charge >= 0.3 is 0 Å². The minimum Gasteiger partial charge on any atom is -0.395 e. The van der Waals surface area contributed by atoms with Gasteiger partial charge in [-0.2, -0.15) is 0 Å². The molecule has 3 heterocycles. The smallest absolute Gasteiger partial charge is 0.141 e. The number of fused-ring (bicyclic) bond motifs is 3. The monoisotopic (exact) mass is 318 g/mol. The maximum absolute atomic E-state index is 9.08. The van der Waals surface area contributed by atoms with Crippen molar-refractivity contribution in [2.45, 2.75) is 26.2 Å². The molecule has 0 saturated carbocycles. The van der Waals surface area contributed by atoms with Crippen LogP contribution in [-0.2, 0) is 12.8 Å². The Morgan fingerprint density at radius 3 is 2.73 bits per heavy atom. The van der Waals surface area contributed by atoms with Crippen LogP contribution in [0, 0.1) is 6.92 Å². The minimum absolute atomic E-state index is 0.245. The number of hydrogen-bond donors (Lipinski definition) is 1. The number of hydrogen-bond acceptors (Lipinski definition) is 6. The summed E-state index contributed by atoms with van der Waals surface area (Å²) in [4.78, 5) is 16.9. The second kappa shape index (κ2) is 5.76. The van der Waals surface area contributed by atoms with Gasteiger partial charge in [-0.1, -0.05) is 0 Å². The first-order valence-electron chi connectivity index (χ1n) is 8.13. The third-order valence-electron chi connectivity index (χ3n) is 4.75. The Morgan fingerprint density at radius 2 is 1.95 bits per heavy atom. The Bertz CT molecular complexity index is 691. The van der Waals surface area contributed by atoms with Gasteiger partial charge in [0.2, 0.25) is 0 Å². The van der Waals surface area contributed by atoms with Crippen molar-refractivity contribution in [3.63, 3.8) is 0 Å². The molecule has 0 radical (unpaired) electrons. The molecule has 0 bridgehead atoms. The fourth-order valence-electron chi connectivity index (χ4n) is 3.63. The van der Waals surface area contributed by atoms with Crippen LogP contribution in [0.3, 0.4) is 0 Å². The molecule has 1 aliphatic carbocycles. The molecule has 0 unspecified atom stereocenters. The number of β-amino-alcohol motifs (C(OH)–C–C–N with tert-alkyl or cyclic N) is 1. The van der Waals surface area contributed by atoms with Crippen molar-refractivity contribution in [2.24, 2.45) is 0 Å². The topological polar surface area (TPSA) is 52.5 Å². The minimum atomic E-state index is 0.245. The van der Waals surface area contributed by atoms with Crippen molar-refractivity contribution in [3.05, 3.63) is 16.3 Å². The average Bonchev–Trinajstić information content (AvgIpc) is 3.08. The maximum atomic E-state index is 9.08. The van der Waals surface area contributed by atoms with Crippen molar-refractivity contribution in [1.82, 2.24) is 14.9 Å². The van der Waals surface area contributed by atoms with E-state index in [1.807, 2.05) is 18.3 Å². The number of aliphatic hydroxyl groups is 1. The van der Waals surface area contributed by atoms with Crippen molar-refractivity contribution in [3.8, 4) is 0 Å². The summed E-state index contributed by atoms with van der Waals surface area (Å²) >= 11 is 1.87. The number of anilines is 1. The predicted octanol–water partition coefficient (Wildman–Crippen LogP) is 1.60. The zero-order chi connectivity index (χ0) is 15.1. The third-order valence-corrected chi connectivity index (χ3v) is 5.93. The third kappa shape index (κ3) is 2.39. The molecule has 22 heavy (non-hydrogen) atoms. The number of thiophene rings is 1. The van der Waals surface area contributed by atoms with Crippen LogP contribution >= 0.6 is 11.3 Å². The average molecular weight is 318 g/mol. The molecule has 1 saturated heterocycles. The van der Waals surface area contributed by atoms with Crippen LogP contribution in [0.2, 0.25) is 0 Å². The van der Waals surface area contributed by atoms with E-state index in [0.717, 1.165) is 44.4 Å². The van der Waals surface area contributed by atoms with Gasteiger partial charge in [-0.25, -0.2) is 9.97 Å². The lowest BCUT2D eigenvalue weighted by molar-refractivity contribution is 0.188. The van der Waals surface area contributed by atoms with Gasteiger partial charge in [0.15, 0.2) is 0 Å². The fraction of sp³-hybridized carbons (Fsp3) is 0.625. The molecule has 0 atom stereocenters. The zero-order valence-electron chi connectivity index (χ0n) is 13.0. The van der Waals surface area contributed by atoms with Crippen molar-refractivity contribution in [1.29, 1.82) is 0 Å². The number of rotatable bonds is 3. The zero-order valence-corrected chi connectivity index (χ0v) is 13.8. The molecule has 1 aliphatic heterocycles. The van der Waals surface area contributed by atoms with Crippen LogP contribution < -0.4 is 4.90 Å². The van der Waals surface area contributed by atoms with E-state index < -0.39 is 0 Å². The molecular formula is C16H22N4OS. The summed E-state index contributed by atoms with van der Waals surface area (Å²) < 4.78 is 0. The van der Waals surface area contributed by atoms with E-state index in [2.05, 4.69) is 14.8 Å². The van der Waals surface area contributed by atoms with Gasteiger partial charge in [-0.15, -0.1) is 11.3 Å². The summed E-state index contributed by atoms with van der Waals surface area (Å²) in [6, 6.07) is 0. The van der Waals surface area contributed by atoms with Crippen LogP contribution in [0.1, 0.15) is 22.7 Å². The summed E-state index contributed by atoms with van der Waals surface area (Å²) in [5.41, 5.74) is 1.51. The van der Waals surface area contributed by atoms with E-state index in [1.165, 1.54) is 39.9 Å². The number of aliphatic hydroxyl groups excluding tert-OH is 1. The standard InChI is InChI=1S/C16H22N4OS/c1-11-17-15(20-7-5-19(6-8-20)9-10-21)14-12-3-2-4-13(12)22-16(14)18-11/h21H,2-10H2,1H3. The van der Waals surface area contributed by atoms with E-state index in [4.69, 9.17) is 10.1 Å². The highest BCUT2D eigenvalue weighted by molar-refractivity contribution is 7.19. The van der Waals surface area contributed by atoms with Crippen LogP contribution in [0.4, 0.5) is 5.82 Å². The summed E-state index contributed by atoms with van der Waals surface area (Å²) in [5.74, 6) is 2.02. The Labute approximate surface area is 134 Å². The van der Waals surface area contributed by atoms with Crippen molar-refractivity contribution in [2.75, 3.05) is 44.2 Å². The number of aryl methyl sites for hydroxylation is 3. The SMILES string of the molecule is Cc1nc(N2CCN(CCO)CC2)c2c3c(sc2n1)CCC3. The van der Waals surface area contributed by atoms with Crippen molar-refractivity contribution < 1.29 is 5.11 Å². The maximum Gasteiger partial charge on any atom is 0.141 e. The number of aromatic nitrogens is 2. The summed E-state index contributed by atoms with van der Waals surface area (Å²) in [6.45, 7) is 6.98. The Balaban J connectivity index is 1.69. The van der Waals surface area contributed by atoms with Crippen LogP contribution in [0.15, 0.2) is 0 Å². The number of piperazine rings is 1. The largest absolute Gasteiger partial charge is 0.395 e. The van der Waals surface area contributed by atoms with Gasteiger partial charge in [-0.3, -0.25) is 4.90 Å². The lowest BCUT2D eigenvalue weighted by Gasteiger charge is -2.35. The molecule has 0 spiro atoms. The molecule has 1 N–H and O–H groups in total. The fourth-order valence-corrected chi connectivity index (χ4v) is 4.94. The Hall–Kier alpha value is -1.24. The van der Waals surface area contributed by atoms with Crippen LogP contribution in [0.5, 0.6) is 0 Å². The molecule has 2 aliphatic rings. The normalized spacial score (nSPS) is 19.1. The van der Waals surface area contributed by atoms with Crippen molar-refractivity contribution >= 4 is 27.4 Å². The molecule has 2 aromatic rings. The predicted molar refractivity (Wildman–Crippen MR) is 89.9 cm³/mol. The molecule has 5 nitrogen and oxygen atoms in total. The summed E-state index contributed by atoms with van der Waals surface area (Å²) in [6.07, 6.45) is 3.66. The lowest BCUT2D eigenvalue weighted by Crippen LogP contribution is -2.47. The van der Waals surface area contributed by atoms with Gasteiger partial charge in [-0.05, 0) is 31.7 Å². The molecule has 0 amide bonds. The Morgan fingerprint density at radius 1 is 1.14 bits per heavy atom. The van der Waals surface area contributed by atoms with E-state index in [1.54, 1.807) is 0 Å². The van der Waals surface area contributed by atoms with Gasteiger partial charge in [0.1, 0.15) is 16.5 Å². The van der Waals surface area contributed by atoms with Gasteiger partial charge in [0.25, 0.3) is 0 Å². The highest BCUT2D eigenvalue weighted by Crippen LogP contribution is 2.40. The van der Waals surface area contributed by atoms with Gasteiger partial charge < -0.3 is 10.0 Å². The molecule has 0 aromatic carbocycles. The second-order valence-electron chi connectivity index (χ2n) is 6.18. The first-order valence-corrected chi connectivity index (χ1v) is 8.95.